The van der Waals surface area contributed by atoms with E-state index in [1.807, 2.05) is 19.9 Å². The second kappa shape index (κ2) is 5.33. The zero-order valence-corrected chi connectivity index (χ0v) is 11.6. The topological polar surface area (TPSA) is 55.1 Å². The van der Waals surface area contributed by atoms with Crippen LogP contribution in [0.25, 0.3) is 0 Å². The van der Waals surface area contributed by atoms with Gasteiger partial charge in [-0.25, -0.2) is 0 Å². The minimum atomic E-state index is -0.177. The van der Waals surface area contributed by atoms with E-state index in [-0.39, 0.29) is 5.91 Å². The van der Waals surface area contributed by atoms with E-state index in [4.69, 9.17) is 17.3 Å². The van der Waals surface area contributed by atoms with Gasteiger partial charge in [-0.05, 0) is 55.3 Å². The first-order valence-corrected chi connectivity index (χ1v) is 6.29. The monoisotopic (exact) mass is 274 g/mol. The normalized spacial score (nSPS) is 10.3. The molecule has 2 aromatic rings. The highest BCUT2D eigenvalue weighted by Crippen LogP contribution is 2.21. The van der Waals surface area contributed by atoms with Crippen molar-refractivity contribution in [2.75, 3.05) is 11.1 Å². The zero-order valence-electron chi connectivity index (χ0n) is 10.8. The maximum absolute atomic E-state index is 12.2. The highest BCUT2D eigenvalue weighted by atomic mass is 35.5. The Kier molecular flexibility index (Phi) is 3.76. The predicted molar refractivity (Wildman–Crippen MR) is 79.7 cm³/mol. The van der Waals surface area contributed by atoms with E-state index < -0.39 is 0 Å². The number of carbonyl (C=O) groups is 1. The fourth-order valence-electron chi connectivity index (χ4n) is 1.81. The van der Waals surface area contributed by atoms with Crippen LogP contribution in [0.5, 0.6) is 0 Å². The third-order valence-electron chi connectivity index (χ3n) is 3.04. The molecule has 0 spiro atoms. The molecule has 0 bridgehead atoms. The van der Waals surface area contributed by atoms with Gasteiger partial charge in [-0.3, -0.25) is 4.79 Å². The number of halogens is 1. The van der Waals surface area contributed by atoms with Gasteiger partial charge in [0.2, 0.25) is 0 Å². The van der Waals surface area contributed by atoms with Crippen molar-refractivity contribution in [3.8, 4) is 0 Å². The van der Waals surface area contributed by atoms with E-state index in [1.165, 1.54) is 0 Å². The summed E-state index contributed by atoms with van der Waals surface area (Å²) < 4.78 is 0. The molecule has 0 radical (unpaired) electrons. The first kappa shape index (κ1) is 13.4. The first-order chi connectivity index (χ1) is 8.99. The van der Waals surface area contributed by atoms with Gasteiger partial charge in [-0.15, -0.1) is 0 Å². The number of nitrogens with two attached hydrogens (primary N) is 1. The average molecular weight is 275 g/mol. The Labute approximate surface area is 117 Å². The Morgan fingerprint density at radius 2 is 1.95 bits per heavy atom. The van der Waals surface area contributed by atoms with E-state index in [2.05, 4.69) is 5.32 Å². The van der Waals surface area contributed by atoms with Gasteiger partial charge in [0.25, 0.3) is 5.91 Å². The van der Waals surface area contributed by atoms with Gasteiger partial charge in [0.15, 0.2) is 0 Å². The third kappa shape index (κ3) is 2.88. The van der Waals surface area contributed by atoms with Crippen LogP contribution in [0.15, 0.2) is 36.4 Å². The Morgan fingerprint density at radius 3 is 2.63 bits per heavy atom. The van der Waals surface area contributed by atoms with Crippen molar-refractivity contribution in [2.45, 2.75) is 13.8 Å². The summed E-state index contributed by atoms with van der Waals surface area (Å²) in [7, 11) is 0. The number of nitrogen functional groups attached to an aromatic ring is 1. The Bertz CT molecular complexity index is 638. The van der Waals surface area contributed by atoms with Crippen LogP contribution in [-0.2, 0) is 0 Å². The smallest absolute Gasteiger partial charge is 0.255 e. The van der Waals surface area contributed by atoms with Crippen LogP contribution in [-0.4, -0.2) is 5.91 Å². The van der Waals surface area contributed by atoms with Crippen molar-refractivity contribution >= 4 is 28.9 Å². The van der Waals surface area contributed by atoms with E-state index in [0.29, 0.717) is 16.3 Å². The minimum absolute atomic E-state index is 0.177. The summed E-state index contributed by atoms with van der Waals surface area (Å²) in [5, 5.41) is 3.43. The van der Waals surface area contributed by atoms with Crippen LogP contribution >= 0.6 is 11.6 Å². The second-order valence-electron chi connectivity index (χ2n) is 4.44. The molecule has 0 aliphatic carbocycles. The van der Waals surface area contributed by atoms with Gasteiger partial charge >= 0.3 is 0 Å². The van der Waals surface area contributed by atoms with Crippen molar-refractivity contribution in [1.82, 2.24) is 0 Å². The largest absolute Gasteiger partial charge is 0.399 e. The molecule has 3 nitrogen and oxygen atoms in total. The molecular weight excluding hydrogens is 260 g/mol. The molecule has 0 atom stereocenters. The van der Waals surface area contributed by atoms with Gasteiger partial charge < -0.3 is 11.1 Å². The summed E-state index contributed by atoms with van der Waals surface area (Å²) in [5.74, 6) is -0.177. The number of rotatable bonds is 2. The highest BCUT2D eigenvalue weighted by Gasteiger charge is 2.11. The van der Waals surface area contributed by atoms with Crippen molar-refractivity contribution in [1.29, 1.82) is 0 Å². The van der Waals surface area contributed by atoms with Crippen molar-refractivity contribution in [2.24, 2.45) is 0 Å². The third-order valence-corrected chi connectivity index (χ3v) is 3.45. The van der Waals surface area contributed by atoms with Gasteiger partial charge in [-0.2, -0.15) is 0 Å². The molecule has 1 amide bonds. The Balaban J connectivity index is 2.26. The molecule has 98 valence electrons. The number of hydrogen-bond acceptors (Lipinski definition) is 2. The maximum atomic E-state index is 12.2. The number of carbonyl (C=O) groups excluding carboxylic acids is 1. The van der Waals surface area contributed by atoms with Crippen LogP contribution < -0.4 is 11.1 Å². The molecular formula is C15H15ClN2O. The van der Waals surface area contributed by atoms with Crippen molar-refractivity contribution in [3.05, 3.63) is 58.1 Å². The summed E-state index contributed by atoms with van der Waals surface area (Å²) in [6.45, 7) is 3.72. The number of benzene rings is 2. The average Bonchev–Trinajstić information content (AvgIpc) is 2.37. The lowest BCUT2D eigenvalue weighted by molar-refractivity contribution is 0.102. The van der Waals surface area contributed by atoms with E-state index in [9.17, 15) is 4.79 Å². The Hall–Kier alpha value is -2.00. The minimum Gasteiger partial charge on any atom is -0.399 e. The lowest BCUT2D eigenvalue weighted by atomic mass is 10.1. The molecule has 0 heterocycles. The second-order valence-corrected chi connectivity index (χ2v) is 4.85. The molecule has 0 saturated heterocycles. The van der Waals surface area contributed by atoms with Crippen molar-refractivity contribution in [3.63, 3.8) is 0 Å². The molecule has 4 heteroatoms. The molecule has 0 unspecified atom stereocenters. The number of anilines is 2. The molecule has 3 N–H and O–H groups in total. The van der Waals surface area contributed by atoms with E-state index in [0.717, 1.165) is 16.8 Å². The van der Waals surface area contributed by atoms with Crippen LogP contribution in [0.1, 0.15) is 21.5 Å². The van der Waals surface area contributed by atoms with Crippen LogP contribution in [0, 0.1) is 13.8 Å². The fraction of sp³-hybridized carbons (Fsp3) is 0.133. The number of amides is 1. The molecule has 0 aliphatic rings. The van der Waals surface area contributed by atoms with Crippen LogP contribution in [0.3, 0.4) is 0 Å². The predicted octanol–water partition coefficient (Wildman–Crippen LogP) is 3.79. The van der Waals surface area contributed by atoms with Gasteiger partial charge in [0, 0.05) is 22.0 Å². The summed E-state index contributed by atoms with van der Waals surface area (Å²) >= 11 is 6.01. The molecule has 2 aromatic carbocycles. The lowest BCUT2D eigenvalue weighted by Gasteiger charge is -2.10. The van der Waals surface area contributed by atoms with Gasteiger partial charge in [-0.1, -0.05) is 17.7 Å². The number of aryl methyl sites for hydroxylation is 1. The summed E-state index contributed by atoms with van der Waals surface area (Å²) in [4.78, 5) is 12.2. The molecule has 0 saturated carbocycles. The summed E-state index contributed by atoms with van der Waals surface area (Å²) in [5.41, 5.74) is 9.44. The SMILES string of the molecule is Cc1cc(NC(=O)c2cccc(Cl)c2C)ccc1N. The zero-order chi connectivity index (χ0) is 14.0. The molecule has 0 aliphatic heterocycles. The molecule has 0 fully saturated rings. The van der Waals surface area contributed by atoms with Gasteiger partial charge in [0.1, 0.15) is 0 Å². The standard InChI is InChI=1S/C15H15ClN2O/c1-9-8-11(6-7-14(9)17)18-15(19)12-4-3-5-13(16)10(12)2/h3-8H,17H2,1-2H3,(H,18,19). The fourth-order valence-corrected chi connectivity index (χ4v) is 1.98. The maximum Gasteiger partial charge on any atom is 0.255 e. The summed E-state index contributed by atoms with van der Waals surface area (Å²) in [6.07, 6.45) is 0. The quantitative estimate of drug-likeness (QED) is 0.819. The van der Waals surface area contributed by atoms with Gasteiger partial charge in [0.05, 0.1) is 0 Å². The molecule has 2 rings (SSSR count). The first-order valence-electron chi connectivity index (χ1n) is 5.91. The number of hydrogen-bond donors (Lipinski definition) is 2. The Morgan fingerprint density at radius 1 is 1.21 bits per heavy atom. The van der Waals surface area contributed by atoms with Crippen LogP contribution in [0.4, 0.5) is 11.4 Å². The number of nitrogens with one attached hydrogen (secondary N) is 1. The van der Waals surface area contributed by atoms with E-state index >= 15 is 0 Å². The molecule has 19 heavy (non-hydrogen) atoms. The van der Waals surface area contributed by atoms with Crippen LogP contribution in [0.2, 0.25) is 5.02 Å². The van der Waals surface area contributed by atoms with Crippen molar-refractivity contribution < 1.29 is 4.79 Å². The molecule has 0 aromatic heterocycles. The highest BCUT2D eigenvalue weighted by molar-refractivity contribution is 6.32. The lowest BCUT2D eigenvalue weighted by Crippen LogP contribution is -2.13. The van der Waals surface area contributed by atoms with E-state index in [1.54, 1.807) is 30.3 Å². The summed E-state index contributed by atoms with van der Waals surface area (Å²) in [6, 6.07) is 10.7.